The first-order valence-electron chi connectivity index (χ1n) is 9.98. The molecule has 0 aliphatic heterocycles. The van der Waals surface area contributed by atoms with Gasteiger partial charge in [-0.05, 0) is 17.7 Å². The zero-order valence-electron chi connectivity index (χ0n) is 17.7. The minimum atomic E-state index is -0.281. The number of hydrogen-bond acceptors (Lipinski definition) is 5. The zero-order chi connectivity index (χ0) is 22.7. The molecule has 1 heterocycles. The van der Waals surface area contributed by atoms with E-state index in [9.17, 15) is 9.59 Å². The lowest BCUT2D eigenvalue weighted by Gasteiger charge is -2.12. The first-order chi connectivity index (χ1) is 15.5. The van der Waals surface area contributed by atoms with Crippen molar-refractivity contribution >= 4 is 17.4 Å². The summed E-state index contributed by atoms with van der Waals surface area (Å²) in [5.41, 5.74) is 8.73. The molecule has 6 nitrogen and oxygen atoms in total. The number of rotatable bonds is 7. The summed E-state index contributed by atoms with van der Waals surface area (Å²) in [4.78, 5) is 29.8. The monoisotopic (exact) mass is 426 g/mol. The summed E-state index contributed by atoms with van der Waals surface area (Å²) in [7, 11) is 3.07. The lowest BCUT2D eigenvalue weighted by Crippen LogP contribution is -2.07. The fourth-order valence-corrected chi connectivity index (χ4v) is 3.67. The van der Waals surface area contributed by atoms with Crippen LogP contribution in [0.25, 0.3) is 11.1 Å². The number of ether oxygens (including phenoxy) is 2. The van der Waals surface area contributed by atoms with Gasteiger partial charge in [0.2, 0.25) is 5.78 Å². The highest BCUT2D eigenvalue weighted by Crippen LogP contribution is 2.39. The van der Waals surface area contributed by atoms with Crippen LogP contribution in [0.5, 0.6) is 11.5 Å². The van der Waals surface area contributed by atoms with Gasteiger partial charge in [0.1, 0.15) is 5.82 Å². The van der Waals surface area contributed by atoms with Crippen LogP contribution in [-0.4, -0.2) is 30.8 Å². The molecule has 0 unspecified atom stereocenters. The number of hydrogen-bond donors (Lipinski definition) is 2. The van der Waals surface area contributed by atoms with Crippen LogP contribution in [0.15, 0.2) is 78.9 Å². The Morgan fingerprint density at radius 1 is 0.750 bits per heavy atom. The molecule has 0 saturated carbocycles. The number of ketones is 2. The molecule has 32 heavy (non-hydrogen) atoms. The third-order valence-corrected chi connectivity index (χ3v) is 5.23. The van der Waals surface area contributed by atoms with Crippen molar-refractivity contribution < 1.29 is 19.1 Å². The Hall–Kier alpha value is -4.32. The van der Waals surface area contributed by atoms with Gasteiger partial charge in [0.15, 0.2) is 17.3 Å². The van der Waals surface area contributed by atoms with E-state index in [1.807, 2.05) is 12.1 Å². The average molecular weight is 426 g/mol. The minimum absolute atomic E-state index is 0.128. The third kappa shape index (κ3) is 3.74. The van der Waals surface area contributed by atoms with Gasteiger partial charge in [0.25, 0.3) is 0 Å². The molecule has 0 atom stereocenters. The molecule has 1 aromatic heterocycles. The number of carbonyl (C=O) groups is 2. The van der Waals surface area contributed by atoms with E-state index in [0.717, 1.165) is 0 Å². The molecule has 3 aromatic carbocycles. The molecular weight excluding hydrogens is 404 g/mol. The average Bonchev–Trinajstić information content (AvgIpc) is 3.20. The summed E-state index contributed by atoms with van der Waals surface area (Å²) in [5.74, 6) is 0.584. The molecule has 0 aliphatic rings. The Kier molecular flexibility index (Phi) is 5.77. The smallest absolute Gasteiger partial charge is 0.209 e. The molecule has 0 saturated heterocycles. The van der Waals surface area contributed by atoms with E-state index >= 15 is 0 Å². The van der Waals surface area contributed by atoms with Crippen molar-refractivity contribution in [3.8, 4) is 22.6 Å². The molecule has 160 valence electrons. The lowest BCUT2D eigenvalue weighted by molar-refractivity contribution is 0.103. The van der Waals surface area contributed by atoms with E-state index in [2.05, 4.69) is 4.98 Å². The normalized spacial score (nSPS) is 10.6. The molecule has 0 aliphatic carbocycles. The summed E-state index contributed by atoms with van der Waals surface area (Å²) in [6, 6.07) is 22.9. The summed E-state index contributed by atoms with van der Waals surface area (Å²) in [6.07, 6.45) is 0. The van der Waals surface area contributed by atoms with Gasteiger partial charge in [-0.3, -0.25) is 9.59 Å². The summed E-state index contributed by atoms with van der Waals surface area (Å²) in [6.45, 7) is 0. The molecule has 3 N–H and O–H groups in total. The maximum absolute atomic E-state index is 13.4. The highest BCUT2D eigenvalue weighted by atomic mass is 16.5. The number of benzene rings is 3. The Morgan fingerprint density at radius 2 is 1.31 bits per heavy atom. The summed E-state index contributed by atoms with van der Waals surface area (Å²) >= 11 is 0. The van der Waals surface area contributed by atoms with Crippen LogP contribution < -0.4 is 15.2 Å². The van der Waals surface area contributed by atoms with Crippen molar-refractivity contribution in [1.82, 2.24) is 4.98 Å². The number of H-pyrrole nitrogens is 1. The second-order valence-corrected chi connectivity index (χ2v) is 7.12. The van der Waals surface area contributed by atoms with Crippen molar-refractivity contribution in [3.05, 3.63) is 101 Å². The van der Waals surface area contributed by atoms with Gasteiger partial charge in [-0.25, -0.2) is 0 Å². The maximum Gasteiger partial charge on any atom is 0.209 e. The Balaban J connectivity index is 1.96. The number of methoxy groups -OCH3 is 2. The Morgan fingerprint density at radius 3 is 1.88 bits per heavy atom. The van der Waals surface area contributed by atoms with E-state index in [4.69, 9.17) is 15.2 Å². The number of carbonyl (C=O) groups excluding carboxylic acids is 2. The van der Waals surface area contributed by atoms with Crippen molar-refractivity contribution in [2.45, 2.75) is 0 Å². The van der Waals surface area contributed by atoms with Gasteiger partial charge in [-0.2, -0.15) is 0 Å². The standard InChI is InChI=1S/C26H22N2O4/c1-31-19-14-13-18(15-20(19)32-2)21-22(24(29)16-9-5-3-6-10-16)26(27)28-23(21)25(30)17-11-7-4-8-12-17/h3-15,28H,27H2,1-2H3. The summed E-state index contributed by atoms with van der Waals surface area (Å²) in [5, 5.41) is 0. The van der Waals surface area contributed by atoms with E-state index < -0.39 is 0 Å². The first-order valence-corrected chi connectivity index (χ1v) is 9.98. The van der Waals surface area contributed by atoms with Gasteiger partial charge in [-0.15, -0.1) is 0 Å². The van der Waals surface area contributed by atoms with E-state index in [0.29, 0.717) is 33.8 Å². The van der Waals surface area contributed by atoms with E-state index in [-0.39, 0.29) is 28.6 Å². The van der Waals surface area contributed by atoms with Crippen LogP contribution in [0.2, 0.25) is 0 Å². The third-order valence-electron chi connectivity index (χ3n) is 5.23. The first kappa shape index (κ1) is 20.9. The number of nitrogen functional groups attached to an aromatic ring is 1. The number of nitrogens with one attached hydrogen (secondary N) is 1. The predicted molar refractivity (Wildman–Crippen MR) is 123 cm³/mol. The fraction of sp³-hybridized carbons (Fsp3) is 0.0769. The van der Waals surface area contributed by atoms with Crippen LogP contribution in [0.4, 0.5) is 5.82 Å². The van der Waals surface area contributed by atoms with Crippen LogP contribution in [-0.2, 0) is 0 Å². The number of aromatic amines is 1. The van der Waals surface area contributed by atoms with Crippen molar-refractivity contribution in [2.24, 2.45) is 0 Å². The van der Waals surface area contributed by atoms with E-state index in [1.165, 1.54) is 7.11 Å². The van der Waals surface area contributed by atoms with Gasteiger partial charge < -0.3 is 20.2 Å². The summed E-state index contributed by atoms with van der Waals surface area (Å²) < 4.78 is 10.8. The van der Waals surface area contributed by atoms with Crippen LogP contribution >= 0.6 is 0 Å². The van der Waals surface area contributed by atoms with Gasteiger partial charge >= 0.3 is 0 Å². The molecule has 0 amide bonds. The van der Waals surface area contributed by atoms with E-state index in [1.54, 1.807) is 73.8 Å². The highest BCUT2D eigenvalue weighted by Gasteiger charge is 2.28. The van der Waals surface area contributed by atoms with Crippen molar-refractivity contribution in [1.29, 1.82) is 0 Å². The highest BCUT2D eigenvalue weighted by molar-refractivity contribution is 6.21. The van der Waals surface area contributed by atoms with Gasteiger partial charge in [0.05, 0.1) is 25.5 Å². The molecule has 4 rings (SSSR count). The molecule has 6 heteroatoms. The second-order valence-electron chi connectivity index (χ2n) is 7.12. The number of anilines is 1. The van der Waals surface area contributed by atoms with Crippen LogP contribution in [0, 0.1) is 0 Å². The number of aromatic nitrogens is 1. The Bertz CT molecular complexity index is 1280. The second kappa shape index (κ2) is 8.81. The molecule has 4 aromatic rings. The lowest BCUT2D eigenvalue weighted by atomic mass is 9.93. The molecule has 0 radical (unpaired) electrons. The molecule has 0 spiro atoms. The zero-order valence-corrected chi connectivity index (χ0v) is 17.7. The Labute approximate surface area is 185 Å². The number of nitrogens with two attached hydrogens (primary N) is 1. The van der Waals surface area contributed by atoms with Crippen LogP contribution in [0.3, 0.4) is 0 Å². The van der Waals surface area contributed by atoms with Gasteiger partial charge in [0, 0.05) is 16.7 Å². The maximum atomic E-state index is 13.4. The topological polar surface area (TPSA) is 94.4 Å². The molecule has 0 fully saturated rings. The van der Waals surface area contributed by atoms with Gasteiger partial charge in [-0.1, -0.05) is 66.7 Å². The van der Waals surface area contributed by atoms with Crippen molar-refractivity contribution in [3.63, 3.8) is 0 Å². The minimum Gasteiger partial charge on any atom is -0.493 e. The van der Waals surface area contributed by atoms with Crippen LogP contribution in [0.1, 0.15) is 32.0 Å². The molecular formula is C26H22N2O4. The largest absolute Gasteiger partial charge is 0.493 e. The predicted octanol–water partition coefficient (Wildman–Crippen LogP) is 4.74. The molecule has 0 bridgehead atoms. The SMILES string of the molecule is COc1ccc(-c2c(C(=O)c3ccccc3)[nH]c(N)c2C(=O)c2ccccc2)cc1OC. The van der Waals surface area contributed by atoms with Crippen molar-refractivity contribution in [2.75, 3.05) is 20.0 Å². The quantitative estimate of drug-likeness (QED) is 0.416. The fourth-order valence-electron chi connectivity index (χ4n) is 3.67.